The summed E-state index contributed by atoms with van der Waals surface area (Å²) in [7, 11) is 1.61. The molecule has 0 N–H and O–H groups in total. The molecule has 1 fully saturated rings. The van der Waals surface area contributed by atoms with Gasteiger partial charge in [0.1, 0.15) is 5.75 Å². The third-order valence-corrected chi connectivity index (χ3v) is 6.33. The highest BCUT2D eigenvalue weighted by molar-refractivity contribution is 5.97. The van der Waals surface area contributed by atoms with Crippen molar-refractivity contribution >= 4 is 30.7 Å². The number of amides is 1. The van der Waals surface area contributed by atoms with Gasteiger partial charge in [-0.15, -0.1) is 24.8 Å². The van der Waals surface area contributed by atoms with Crippen molar-refractivity contribution < 1.29 is 9.53 Å². The van der Waals surface area contributed by atoms with E-state index in [1.54, 1.807) is 13.2 Å². The number of benzene rings is 2. The molecular weight excluding hydrogens is 521 g/mol. The van der Waals surface area contributed by atoms with E-state index in [-0.39, 0.29) is 30.7 Å². The maximum Gasteiger partial charge on any atom is 0.255 e. The lowest BCUT2D eigenvalue weighted by Crippen LogP contribution is -2.48. The summed E-state index contributed by atoms with van der Waals surface area (Å²) < 4.78 is 7.50. The average molecular weight is 555 g/mol. The predicted octanol–water partition coefficient (Wildman–Crippen LogP) is 4.76. The van der Waals surface area contributed by atoms with Gasteiger partial charge in [0.25, 0.3) is 5.91 Å². The van der Waals surface area contributed by atoms with E-state index in [1.165, 1.54) is 0 Å². The molecule has 1 amide bonds. The summed E-state index contributed by atoms with van der Waals surface area (Å²) in [5.41, 5.74) is 4.27. The number of aromatic nitrogens is 2. The summed E-state index contributed by atoms with van der Waals surface area (Å²) in [6, 6.07) is 15.3. The van der Waals surface area contributed by atoms with Gasteiger partial charge in [-0.25, -0.2) is 4.98 Å². The van der Waals surface area contributed by atoms with E-state index in [2.05, 4.69) is 39.3 Å². The Hall–Kier alpha value is -3.49. The van der Waals surface area contributed by atoms with E-state index in [4.69, 9.17) is 10.00 Å². The number of unbranched alkanes of at least 4 members (excludes halogenated alkanes) is 1. The van der Waals surface area contributed by atoms with Crippen LogP contribution in [-0.4, -0.2) is 58.5 Å². The largest absolute Gasteiger partial charge is 0.497 e. The summed E-state index contributed by atoms with van der Waals surface area (Å²) in [6.07, 6.45) is 5.54. The third-order valence-electron chi connectivity index (χ3n) is 6.33. The number of imidazole rings is 1. The third kappa shape index (κ3) is 7.76. The average Bonchev–Trinajstić information content (AvgIpc) is 3.35. The molecule has 3 aromatic rings. The number of hydrogen-bond donors (Lipinski definition) is 0. The molecule has 0 atom stereocenters. The Morgan fingerprint density at radius 3 is 2.45 bits per heavy atom. The van der Waals surface area contributed by atoms with E-state index >= 15 is 0 Å². The number of carbonyl (C=O) groups excluding carboxylic acids is 1. The van der Waals surface area contributed by atoms with Crippen molar-refractivity contribution in [2.45, 2.75) is 32.9 Å². The SMILES string of the molecule is CCCC#Cc1ccc(OC)cc1C(=O)N1CCN(Cc2cncn2Cc2ccc(C#N)cc2)CC1.Cl.Cl. The van der Waals surface area contributed by atoms with E-state index in [1.807, 2.05) is 53.8 Å². The van der Waals surface area contributed by atoms with Gasteiger partial charge in [-0.3, -0.25) is 9.69 Å². The fourth-order valence-corrected chi connectivity index (χ4v) is 4.23. The molecule has 0 spiro atoms. The second-order valence-electron chi connectivity index (χ2n) is 8.85. The number of methoxy groups -OCH3 is 1. The highest BCUT2D eigenvalue weighted by Crippen LogP contribution is 2.20. The van der Waals surface area contributed by atoms with Gasteiger partial charge in [-0.2, -0.15) is 5.26 Å². The number of carbonyl (C=O) groups is 1. The van der Waals surface area contributed by atoms with Gasteiger partial charge < -0.3 is 14.2 Å². The zero-order chi connectivity index (χ0) is 25.3. The van der Waals surface area contributed by atoms with Gasteiger partial charge in [0.15, 0.2) is 0 Å². The van der Waals surface area contributed by atoms with Crippen molar-refractivity contribution in [3.63, 3.8) is 0 Å². The quantitative estimate of drug-likeness (QED) is 0.394. The van der Waals surface area contributed by atoms with Crippen LogP contribution in [0.15, 0.2) is 55.0 Å². The lowest BCUT2D eigenvalue weighted by molar-refractivity contribution is 0.0625. The first kappa shape index (κ1) is 30.7. The summed E-state index contributed by atoms with van der Waals surface area (Å²) in [5, 5.41) is 9.00. The van der Waals surface area contributed by atoms with Gasteiger partial charge in [0, 0.05) is 57.4 Å². The number of nitrogens with zero attached hydrogens (tertiary/aromatic N) is 5. The van der Waals surface area contributed by atoms with E-state index < -0.39 is 0 Å². The van der Waals surface area contributed by atoms with Crippen LogP contribution in [0.3, 0.4) is 0 Å². The fourth-order valence-electron chi connectivity index (χ4n) is 4.23. The van der Waals surface area contributed by atoms with Crippen LogP contribution < -0.4 is 4.74 Å². The highest BCUT2D eigenvalue weighted by atomic mass is 35.5. The summed E-state index contributed by atoms with van der Waals surface area (Å²) >= 11 is 0. The van der Waals surface area contributed by atoms with Crippen molar-refractivity contribution in [2.24, 2.45) is 0 Å². The first-order valence-corrected chi connectivity index (χ1v) is 12.3. The molecule has 0 bridgehead atoms. The molecule has 0 radical (unpaired) electrons. The highest BCUT2D eigenvalue weighted by Gasteiger charge is 2.24. The lowest BCUT2D eigenvalue weighted by atomic mass is 10.0. The standard InChI is InChI=1S/C29H31N5O2.2ClH/c1-3-4-5-6-25-11-12-27(36-2)17-28(25)29(35)33-15-13-32(14-16-33)21-26-19-31-22-34(26)20-24-9-7-23(18-30)8-10-24;;/h7-12,17,19,22H,3-4,13-16,20-21H2,1-2H3;2*1H. The molecule has 4 rings (SSSR count). The number of hydrogen-bond acceptors (Lipinski definition) is 5. The van der Waals surface area contributed by atoms with Crippen LogP contribution in [0.2, 0.25) is 0 Å². The lowest BCUT2D eigenvalue weighted by Gasteiger charge is -2.35. The van der Waals surface area contributed by atoms with Gasteiger partial charge in [0.2, 0.25) is 0 Å². The Balaban J connectivity index is 0.00000253. The summed E-state index contributed by atoms with van der Waals surface area (Å²) in [6.45, 7) is 6.45. The van der Waals surface area contributed by atoms with Gasteiger partial charge in [-0.05, 0) is 42.3 Å². The normalized spacial score (nSPS) is 12.8. The maximum absolute atomic E-state index is 13.4. The minimum absolute atomic E-state index is 0. The molecule has 0 aliphatic carbocycles. The Labute approximate surface area is 237 Å². The molecule has 9 heteroatoms. The van der Waals surface area contributed by atoms with E-state index in [0.29, 0.717) is 36.5 Å². The summed E-state index contributed by atoms with van der Waals surface area (Å²) in [4.78, 5) is 22.0. The van der Waals surface area contributed by atoms with Gasteiger partial charge in [0.05, 0.1) is 36.3 Å². The van der Waals surface area contributed by atoms with Crippen LogP contribution in [0.5, 0.6) is 5.75 Å². The molecule has 1 aliphatic heterocycles. The van der Waals surface area contributed by atoms with Gasteiger partial charge >= 0.3 is 0 Å². The fraction of sp³-hybridized carbons (Fsp3) is 0.345. The molecule has 2 heterocycles. The number of halogens is 2. The van der Waals surface area contributed by atoms with Crippen molar-refractivity contribution in [3.05, 3.63) is 82.9 Å². The molecule has 7 nitrogen and oxygen atoms in total. The number of nitriles is 1. The van der Waals surface area contributed by atoms with Crippen LogP contribution in [-0.2, 0) is 13.1 Å². The van der Waals surface area contributed by atoms with E-state index in [0.717, 1.165) is 49.3 Å². The maximum atomic E-state index is 13.4. The second-order valence-corrected chi connectivity index (χ2v) is 8.85. The first-order chi connectivity index (χ1) is 17.6. The van der Waals surface area contributed by atoms with Crippen LogP contribution in [0, 0.1) is 23.2 Å². The Bertz CT molecular complexity index is 1300. The Morgan fingerprint density at radius 2 is 1.79 bits per heavy atom. The monoisotopic (exact) mass is 553 g/mol. The van der Waals surface area contributed by atoms with Crippen LogP contribution in [0.4, 0.5) is 0 Å². The van der Waals surface area contributed by atoms with Crippen molar-refractivity contribution in [1.29, 1.82) is 5.26 Å². The topological polar surface area (TPSA) is 74.4 Å². The molecule has 200 valence electrons. The van der Waals surface area contributed by atoms with Crippen molar-refractivity contribution in [3.8, 4) is 23.7 Å². The van der Waals surface area contributed by atoms with Crippen LogP contribution in [0.1, 0.15) is 52.5 Å². The molecule has 38 heavy (non-hydrogen) atoms. The zero-order valence-electron chi connectivity index (χ0n) is 21.7. The number of piperazine rings is 1. The van der Waals surface area contributed by atoms with Gasteiger partial charge in [-0.1, -0.05) is 30.9 Å². The zero-order valence-corrected chi connectivity index (χ0v) is 23.4. The first-order valence-electron chi connectivity index (χ1n) is 12.3. The second kappa shape index (κ2) is 15.1. The minimum Gasteiger partial charge on any atom is -0.497 e. The molecule has 1 saturated heterocycles. The van der Waals surface area contributed by atoms with E-state index in [9.17, 15) is 4.79 Å². The predicted molar refractivity (Wildman–Crippen MR) is 153 cm³/mol. The smallest absolute Gasteiger partial charge is 0.255 e. The van der Waals surface area contributed by atoms with Crippen molar-refractivity contribution in [2.75, 3.05) is 33.3 Å². The molecule has 1 aromatic heterocycles. The number of ether oxygens (including phenoxy) is 1. The molecular formula is C29H33Cl2N5O2. The Morgan fingerprint density at radius 1 is 1.05 bits per heavy atom. The molecule has 1 aliphatic rings. The van der Waals surface area contributed by atoms with Crippen molar-refractivity contribution in [1.82, 2.24) is 19.4 Å². The Kier molecular flexibility index (Phi) is 12.2. The van der Waals surface area contributed by atoms with Crippen LogP contribution in [0.25, 0.3) is 0 Å². The number of rotatable bonds is 7. The van der Waals surface area contributed by atoms with Crippen LogP contribution >= 0.6 is 24.8 Å². The molecule has 0 saturated carbocycles. The summed E-state index contributed by atoms with van der Waals surface area (Å²) in [5.74, 6) is 6.98. The molecule has 0 unspecified atom stereocenters. The molecule has 2 aromatic carbocycles. The minimum atomic E-state index is 0.